The van der Waals surface area contributed by atoms with Gasteiger partial charge in [0.15, 0.2) is 5.82 Å². The Balaban J connectivity index is 1.60. The quantitative estimate of drug-likeness (QED) is 0.342. The number of carbonyl (C=O) groups is 1. The lowest BCUT2D eigenvalue weighted by molar-refractivity contribution is -0.141. The molecule has 8 heteroatoms. The zero-order chi connectivity index (χ0) is 25.6. The number of carboxylic acid groups (broad SMARTS) is 1. The zero-order valence-corrected chi connectivity index (χ0v) is 21.2. The minimum absolute atomic E-state index is 0.238. The minimum Gasteiger partial charge on any atom is -0.508 e. The molecule has 0 fully saturated rings. The fourth-order valence-electron chi connectivity index (χ4n) is 4.35. The summed E-state index contributed by atoms with van der Waals surface area (Å²) in [7, 11) is 0. The summed E-state index contributed by atoms with van der Waals surface area (Å²) in [6.07, 6.45) is 4.00. The largest absolute Gasteiger partial charge is 0.508 e. The summed E-state index contributed by atoms with van der Waals surface area (Å²) in [6.45, 7) is 7.71. The maximum absolute atomic E-state index is 12.0. The Morgan fingerprint density at radius 1 is 1.00 bits per heavy atom. The summed E-state index contributed by atoms with van der Waals surface area (Å²) in [5, 5.41) is 28.9. The van der Waals surface area contributed by atoms with Gasteiger partial charge < -0.3 is 10.2 Å². The van der Waals surface area contributed by atoms with Gasteiger partial charge in [-0.2, -0.15) is 0 Å². The van der Waals surface area contributed by atoms with Gasteiger partial charge in [0.1, 0.15) is 22.6 Å². The van der Waals surface area contributed by atoms with Gasteiger partial charge in [0, 0.05) is 16.0 Å². The molecule has 182 valence electrons. The highest BCUT2D eigenvalue weighted by Gasteiger charge is 2.36. The monoisotopic (exact) mass is 498 g/mol. The van der Waals surface area contributed by atoms with Crippen molar-refractivity contribution in [1.29, 1.82) is 0 Å². The number of rotatable bonds is 5. The first kappa shape index (κ1) is 23.7. The van der Waals surface area contributed by atoms with E-state index in [1.165, 1.54) is 4.88 Å². The van der Waals surface area contributed by atoms with Crippen LogP contribution in [-0.4, -0.2) is 36.7 Å². The second-order valence-corrected chi connectivity index (χ2v) is 10.2. The molecule has 0 radical (unpaired) electrons. The number of aliphatic imine (C=N–C) groups is 1. The van der Waals surface area contributed by atoms with Crippen LogP contribution in [0.5, 0.6) is 5.75 Å². The van der Waals surface area contributed by atoms with Gasteiger partial charge in [-0.15, -0.1) is 21.5 Å². The second kappa shape index (κ2) is 9.20. The smallest absolute Gasteiger partial charge is 0.308 e. The predicted octanol–water partition coefficient (Wildman–Crippen LogP) is 5.74. The number of nitrogens with zero attached hydrogens (tertiary/aromatic N) is 4. The second-order valence-electron chi connectivity index (χ2n) is 9.00. The molecule has 5 rings (SSSR count). The van der Waals surface area contributed by atoms with E-state index in [2.05, 4.69) is 24.0 Å². The van der Waals surface area contributed by atoms with Gasteiger partial charge in [0.2, 0.25) is 0 Å². The summed E-state index contributed by atoms with van der Waals surface area (Å²) < 4.78 is 1.97. The molecule has 2 aromatic carbocycles. The molecule has 36 heavy (non-hydrogen) atoms. The number of aliphatic carboxylic acids is 1. The van der Waals surface area contributed by atoms with E-state index in [0.29, 0.717) is 11.6 Å². The fourth-order valence-corrected chi connectivity index (χ4v) is 5.56. The van der Waals surface area contributed by atoms with Crippen LogP contribution in [0, 0.1) is 26.7 Å². The molecule has 4 aromatic rings. The number of carboxylic acids is 1. The zero-order valence-electron chi connectivity index (χ0n) is 20.4. The Morgan fingerprint density at radius 3 is 2.22 bits per heavy atom. The van der Waals surface area contributed by atoms with Gasteiger partial charge in [0.25, 0.3) is 0 Å². The van der Waals surface area contributed by atoms with E-state index >= 15 is 0 Å². The minimum atomic E-state index is -0.928. The summed E-state index contributed by atoms with van der Waals surface area (Å²) in [5.41, 5.74) is 5.80. The summed E-state index contributed by atoms with van der Waals surface area (Å²) in [4.78, 5) is 18.2. The number of hydrogen-bond acceptors (Lipinski definition) is 6. The lowest BCUT2D eigenvalue weighted by Crippen LogP contribution is -2.21. The van der Waals surface area contributed by atoms with Gasteiger partial charge in [0.05, 0.1) is 11.6 Å². The van der Waals surface area contributed by atoms with Crippen molar-refractivity contribution in [1.82, 2.24) is 14.8 Å². The molecule has 0 spiro atoms. The standard InChI is InChI=1S/C28H26N4O3S/c1-15-17(3)36-27-23(15)25(29-24(16(2)28(34)35)26-31-30-18(4)32(26)27)21-11-7-19(8-12-21)5-6-20-9-13-22(33)14-10-20/h5-14,16,24,33H,1-4H3,(H,34,35)/t16-,24?/m0/s1. The van der Waals surface area contributed by atoms with E-state index in [0.717, 1.165) is 38.5 Å². The third kappa shape index (κ3) is 4.13. The van der Waals surface area contributed by atoms with Crippen LogP contribution in [0.25, 0.3) is 17.2 Å². The highest BCUT2D eigenvalue weighted by Crippen LogP contribution is 2.40. The number of aryl methyl sites for hydroxylation is 2. The number of hydrogen-bond donors (Lipinski definition) is 2. The van der Waals surface area contributed by atoms with Crippen LogP contribution in [0.2, 0.25) is 0 Å². The van der Waals surface area contributed by atoms with E-state index in [-0.39, 0.29) is 5.75 Å². The first-order chi connectivity index (χ1) is 17.2. The van der Waals surface area contributed by atoms with Crippen molar-refractivity contribution >= 4 is 35.2 Å². The van der Waals surface area contributed by atoms with Gasteiger partial charge >= 0.3 is 5.97 Å². The summed E-state index contributed by atoms with van der Waals surface area (Å²) >= 11 is 1.65. The normalized spacial score (nSPS) is 15.8. The molecule has 2 aromatic heterocycles. The van der Waals surface area contributed by atoms with Crippen LogP contribution < -0.4 is 0 Å². The SMILES string of the molecule is Cc1sc2c(c1C)C(c1ccc(C=Cc3ccc(O)cc3)cc1)=NC([C@H](C)C(=O)O)c1nnc(C)n1-2. The van der Waals surface area contributed by atoms with Crippen molar-refractivity contribution in [3.05, 3.63) is 92.9 Å². The van der Waals surface area contributed by atoms with E-state index in [4.69, 9.17) is 4.99 Å². The molecule has 0 amide bonds. The first-order valence-electron chi connectivity index (χ1n) is 11.7. The maximum atomic E-state index is 12.0. The molecule has 1 aliphatic heterocycles. The van der Waals surface area contributed by atoms with Gasteiger partial charge in [-0.1, -0.05) is 48.6 Å². The van der Waals surface area contributed by atoms with Crippen molar-refractivity contribution in [2.45, 2.75) is 33.7 Å². The predicted molar refractivity (Wildman–Crippen MR) is 142 cm³/mol. The van der Waals surface area contributed by atoms with Crippen LogP contribution in [0.3, 0.4) is 0 Å². The lowest BCUT2D eigenvalue weighted by Gasteiger charge is -2.16. The highest BCUT2D eigenvalue weighted by molar-refractivity contribution is 7.15. The molecule has 7 nitrogen and oxygen atoms in total. The molecule has 0 saturated carbocycles. The van der Waals surface area contributed by atoms with E-state index in [9.17, 15) is 15.0 Å². The maximum Gasteiger partial charge on any atom is 0.308 e. The Morgan fingerprint density at radius 2 is 1.61 bits per heavy atom. The molecule has 0 saturated heterocycles. The average molecular weight is 499 g/mol. The molecular weight excluding hydrogens is 472 g/mol. The molecule has 0 aliphatic carbocycles. The van der Waals surface area contributed by atoms with E-state index in [1.54, 1.807) is 30.4 Å². The van der Waals surface area contributed by atoms with Crippen molar-refractivity contribution in [3.8, 4) is 10.8 Å². The molecular formula is C28H26N4O3S. The number of aromatic nitrogens is 3. The van der Waals surface area contributed by atoms with Gasteiger partial charge in [-0.25, -0.2) is 0 Å². The molecule has 1 aliphatic rings. The third-order valence-corrected chi connectivity index (χ3v) is 7.79. The number of benzene rings is 2. The average Bonchev–Trinajstić information content (AvgIpc) is 3.33. The Kier molecular flexibility index (Phi) is 6.05. The van der Waals surface area contributed by atoms with Crippen LogP contribution in [0.4, 0.5) is 0 Å². The van der Waals surface area contributed by atoms with E-state index in [1.807, 2.05) is 60.0 Å². The fraction of sp³-hybridized carbons (Fsp3) is 0.214. The van der Waals surface area contributed by atoms with E-state index < -0.39 is 17.9 Å². The molecule has 2 atom stereocenters. The van der Waals surface area contributed by atoms with Crippen LogP contribution in [0.1, 0.15) is 57.3 Å². The molecule has 3 heterocycles. The Hall–Kier alpha value is -4.04. The van der Waals surface area contributed by atoms with Gasteiger partial charge in [-0.3, -0.25) is 14.4 Å². The van der Waals surface area contributed by atoms with Crippen LogP contribution in [0.15, 0.2) is 53.5 Å². The molecule has 1 unspecified atom stereocenters. The molecule has 2 N–H and O–H groups in total. The van der Waals surface area contributed by atoms with Gasteiger partial charge in [-0.05, 0) is 56.5 Å². The van der Waals surface area contributed by atoms with Crippen LogP contribution >= 0.6 is 11.3 Å². The molecule has 0 bridgehead atoms. The highest BCUT2D eigenvalue weighted by atomic mass is 32.1. The number of phenolic OH excluding ortho intramolecular Hbond substituents is 1. The third-order valence-electron chi connectivity index (χ3n) is 6.60. The summed E-state index contributed by atoms with van der Waals surface area (Å²) in [6, 6.07) is 14.4. The van der Waals surface area contributed by atoms with Crippen molar-refractivity contribution in [2.24, 2.45) is 10.9 Å². The van der Waals surface area contributed by atoms with Crippen molar-refractivity contribution in [2.75, 3.05) is 0 Å². The Bertz CT molecular complexity index is 1510. The Labute approximate surface area is 213 Å². The number of phenols is 1. The number of aromatic hydroxyl groups is 1. The van der Waals surface area contributed by atoms with Crippen LogP contribution in [-0.2, 0) is 4.79 Å². The topological polar surface area (TPSA) is 101 Å². The number of thiophene rings is 1. The summed E-state index contributed by atoms with van der Waals surface area (Å²) in [5.74, 6) is -0.203. The first-order valence-corrected chi connectivity index (χ1v) is 12.5. The van der Waals surface area contributed by atoms with Crippen molar-refractivity contribution in [3.63, 3.8) is 0 Å². The lowest BCUT2D eigenvalue weighted by atomic mass is 9.97. The van der Waals surface area contributed by atoms with Crippen molar-refractivity contribution < 1.29 is 15.0 Å². The number of fused-ring (bicyclic) bond motifs is 3.